The summed E-state index contributed by atoms with van der Waals surface area (Å²) in [4.78, 5) is 0. The highest BCUT2D eigenvalue weighted by atomic mass is 19.1. The molecule has 1 aromatic carbocycles. The molecule has 15 heavy (non-hydrogen) atoms. The summed E-state index contributed by atoms with van der Waals surface area (Å²) in [5, 5.41) is 9.86. The number of halogens is 1. The van der Waals surface area contributed by atoms with E-state index in [9.17, 15) is 9.50 Å². The van der Waals surface area contributed by atoms with Crippen LogP contribution in [0.5, 0.6) is 5.75 Å². The molecule has 0 radical (unpaired) electrons. The molecule has 0 saturated carbocycles. The van der Waals surface area contributed by atoms with Gasteiger partial charge in [0.25, 0.3) is 0 Å². The Kier molecular flexibility index (Phi) is 2.65. The van der Waals surface area contributed by atoms with Crippen molar-refractivity contribution in [2.45, 2.75) is 32.5 Å². The Morgan fingerprint density at radius 3 is 2.87 bits per heavy atom. The van der Waals surface area contributed by atoms with Crippen LogP contribution in [0.15, 0.2) is 18.2 Å². The Bertz CT molecular complexity index is 363. The molecule has 3 heteroatoms. The normalized spacial score (nSPS) is 24.9. The van der Waals surface area contributed by atoms with Crippen LogP contribution in [0, 0.1) is 11.7 Å². The van der Waals surface area contributed by atoms with Gasteiger partial charge in [-0.15, -0.1) is 0 Å². The molecule has 0 unspecified atom stereocenters. The van der Waals surface area contributed by atoms with Crippen molar-refractivity contribution in [2.24, 2.45) is 5.92 Å². The first-order valence-electron chi connectivity index (χ1n) is 5.22. The van der Waals surface area contributed by atoms with Crippen LogP contribution in [0.1, 0.15) is 31.9 Å². The van der Waals surface area contributed by atoms with Gasteiger partial charge in [0, 0.05) is 12.0 Å². The second kappa shape index (κ2) is 3.81. The Labute approximate surface area is 88.7 Å². The lowest BCUT2D eigenvalue weighted by Crippen LogP contribution is -2.30. The average Bonchev–Trinajstić information content (AvgIpc) is 2.18. The van der Waals surface area contributed by atoms with E-state index in [1.807, 2.05) is 13.8 Å². The van der Waals surface area contributed by atoms with E-state index < -0.39 is 6.10 Å². The summed E-state index contributed by atoms with van der Waals surface area (Å²) >= 11 is 0. The Morgan fingerprint density at radius 2 is 2.20 bits per heavy atom. The smallest absolute Gasteiger partial charge is 0.125 e. The van der Waals surface area contributed by atoms with E-state index in [-0.39, 0.29) is 11.9 Å². The van der Waals surface area contributed by atoms with Gasteiger partial charge in [-0.3, -0.25) is 0 Å². The summed E-state index contributed by atoms with van der Waals surface area (Å²) in [6.45, 7) is 4.10. The first-order chi connectivity index (χ1) is 7.08. The molecule has 2 nitrogen and oxygen atoms in total. The Hall–Kier alpha value is -1.09. The summed E-state index contributed by atoms with van der Waals surface area (Å²) < 4.78 is 18.6. The van der Waals surface area contributed by atoms with E-state index in [0.717, 1.165) is 0 Å². The second-order valence-corrected chi connectivity index (χ2v) is 4.33. The maximum atomic E-state index is 13.0. The molecular weight excluding hydrogens is 195 g/mol. The number of ether oxygens (including phenoxy) is 1. The van der Waals surface area contributed by atoms with Crippen LogP contribution in [-0.2, 0) is 0 Å². The van der Waals surface area contributed by atoms with Gasteiger partial charge >= 0.3 is 0 Å². The van der Waals surface area contributed by atoms with Gasteiger partial charge in [-0.1, -0.05) is 13.8 Å². The SMILES string of the molecule is CC(C)[C@H]1C[C@@H](O)c2cc(F)ccc2O1. The number of hydrogen-bond donors (Lipinski definition) is 1. The molecule has 0 aliphatic carbocycles. The van der Waals surface area contributed by atoms with Gasteiger partial charge in [-0.25, -0.2) is 4.39 Å². The highest BCUT2D eigenvalue weighted by Gasteiger charge is 2.28. The maximum Gasteiger partial charge on any atom is 0.125 e. The van der Waals surface area contributed by atoms with Gasteiger partial charge in [0.1, 0.15) is 17.7 Å². The topological polar surface area (TPSA) is 29.5 Å². The van der Waals surface area contributed by atoms with Crippen LogP contribution in [0.25, 0.3) is 0 Å². The van der Waals surface area contributed by atoms with Gasteiger partial charge in [-0.2, -0.15) is 0 Å². The van der Waals surface area contributed by atoms with Crippen molar-refractivity contribution in [1.82, 2.24) is 0 Å². The lowest BCUT2D eigenvalue weighted by molar-refractivity contribution is 0.0424. The highest BCUT2D eigenvalue weighted by Crippen LogP contribution is 2.36. The summed E-state index contributed by atoms with van der Waals surface area (Å²) in [6, 6.07) is 4.28. The molecule has 1 aliphatic rings. The quantitative estimate of drug-likeness (QED) is 0.772. The third-order valence-electron chi connectivity index (χ3n) is 2.81. The van der Waals surface area contributed by atoms with Crippen LogP contribution in [-0.4, -0.2) is 11.2 Å². The van der Waals surface area contributed by atoms with Crippen LogP contribution in [0.2, 0.25) is 0 Å². The molecule has 2 atom stereocenters. The Balaban J connectivity index is 2.32. The second-order valence-electron chi connectivity index (χ2n) is 4.33. The number of fused-ring (bicyclic) bond motifs is 1. The van der Waals surface area contributed by atoms with Crippen molar-refractivity contribution in [1.29, 1.82) is 0 Å². The zero-order valence-electron chi connectivity index (χ0n) is 8.90. The third kappa shape index (κ3) is 1.97. The summed E-state index contributed by atoms with van der Waals surface area (Å²) in [5.41, 5.74) is 0.562. The zero-order chi connectivity index (χ0) is 11.0. The van der Waals surface area contributed by atoms with Crippen LogP contribution >= 0.6 is 0 Å². The predicted octanol–water partition coefficient (Wildman–Crippen LogP) is 2.67. The maximum absolute atomic E-state index is 13.0. The lowest BCUT2D eigenvalue weighted by atomic mass is 9.93. The number of aliphatic hydroxyl groups is 1. The molecule has 82 valence electrons. The monoisotopic (exact) mass is 210 g/mol. The van der Waals surface area contributed by atoms with Crippen molar-refractivity contribution < 1.29 is 14.2 Å². The van der Waals surface area contributed by atoms with E-state index in [1.165, 1.54) is 12.1 Å². The van der Waals surface area contributed by atoms with Crippen LogP contribution in [0.4, 0.5) is 4.39 Å². The van der Waals surface area contributed by atoms with Crippen molar-refractivity contribution in [3.63, 3.8) is 0 Å². The van der Waals surface area contributed by atoms with E-state index in [0.29, 0.717) is 23.7 Å². The van der Waals surface area contributed by atoms with Gasteiger partial charge in [0.05, 0.1) is 6.10 Å². The average molecular weight is 210 g/mol. The first-order valence-corrected chi connectivity index (χ1v) is 5.22. The van der Waals surface area contributed by atoms with Gasteiger partial charge in [0.2, 0.25) is 0 Å². The molecule has 0 saturated heterocycles. The number of hydrogen-bond acceptors (Lipinski definition) is 2. The molecule has 1 aliphatic heterocycles. The van der Waals surface area contributed by atoms with Crippen molar-refractivity contribution >= 4 is 0 Å². The van der Waals surface area contributed by atoms with Crippen molar-refractivity contribution in [2.75, 3.05) is 0 Å². The largest absolute Gasteiger partial charge is 0.490 e. The summed E-state index contributed by atoms with van der Waals surface area (Å²) in [7, 11) is 0. The van der Waals surface area contributed by atoms with Crippen molar-refractivity contribution in [3.8, 4) is 5.75 Å². The fourth-order valence-corrected chi connectivity index (χ4v) is 1.85. The minimum Gasteiger partial charge on any atom is -0.490 e. The highest BCUT2D eigenvalue weighted by molar-refractivity contribution is 5.37. The first kappa shape index (κ1) is 10.4. The standard InChI is InChI=1S/C12H15FO2/c1-7(2)12-6-10(14)9-5-8(13)3-4-11(9)15-12/h3-5,7,10,12,14H,6H2,1-2H3/t10-,12-/m1/s1. The molecule has 0 amide bonds. The van der Waals surface area contributed by atoms with E-state index in [1.54, 1.807) is 6.07 Å². The minimum absolute atomic E-state index is 0.0120. The van der Waals surface area contributed by atoms with Crippen LogP contribution in [0.3, 0.4) is 0 Å². The van der Waals surface area contributed by atoms with Gasteiger partial charge in [-0.05, 0) is 24.1 Å². The van der Waals surface area contributed by atoms with Gasteiger partial charge < -0.3 is 9.84 Å². The lowest BCUT2D eigenvalue weighted by Gasteiger charge is -2.31. The number of benzene rings is 1. The van der Waals surface area contributed by atoms with Crippen LogP contribution < -0.4 is 4.74 Å². The molecule has 1 N–H and O–H groups in total. The fourth-order valence-electron chi connectivity index (χ4n) is 1.85. The molecule has 2 rings (SSSR count). The summed E-state index contributed by atoms with van der Waals surface area (Å²) in [5.74, 6) is 0.617. The number of rotatable bonds is 1. The van der Waals surface area contributed by atoms with Gasteiger partial charge in [0.15, 0.2) is 0 Å². The van der Waals surface area contributed by atoms with Crippen molar-refractivity contribution in [3.05, 3.63) is 29.6 Å². The molecule has 1 heterocycles. The van der Waals surface area contributed by atoms with E-state index >= 15 is 0 Å². The van der Waals surface area contributed by atoms with E-state index in [4.69, 9.17) is 4.74 Å². The van der Waals surface area contributed by atoms with E-state index in [2.05, 4.69) is 0 Å². The summed E-state index contributed by atoms with van der Waals surface area (Å²) in [6.07, 6.45) is -0.0662. The molecule has 1 aromatic rings. The predicted molar refractivity (Wildman–Crippen MR) is 55.2 cm³/mol. The molecule has 0 spiro atoms. The number of aliphatic hydroxyl groups excluding tert-OH is 1. The molecular formula is C12H15FO2. The third-order valence-corrected chi connectivity index (χ3v) is 2.81. The molecule has 0 bridgehead atoms. The molecule has 0 fully saturated rings. The molecule has 0 aromatic heterocycles. The zero-order valence-corrected chi connectivity index (χ0v) is 8.90. The minimum atomic E-state index is -0.614. The fraction of sp³-hybridized carbons (Fsp3) is 0.500. The Morgan fingerprint density at radius 1 is 1.47 bits per heavy atom.